The predicted molar refractivity (Wildman–Crippen MR) is 26.3 cm³/mol. The highest BCUT2D eigenvalue weighted by atomic mass is 19.4. The molecule has 0 saturated carbocycles. The van der Waals surface area contributed by atoms with E-state index in [1.54, 1.807) is 0 Å². The number of halogens is 3. The van der Waals surface area contributed by atoms with Crippen molar-refractivity contribution in [2.24, 2.45) is 5.73 Å². The Labute approximate surface area is 63.4 Å². The summed E-state index contributed by atoms with van der Waals surface area (Å²) in [4.78, 5) is 23.2. The lowest BCUT2D eigenvalue weighted by molar-refractivity contribution is -0.293. The van der Waals surface area contributed by atoms with Gasteiger partial charge in [-0.05, 0) is 0 Å². The quantitative estimate of drug-likeness (QED) is 0.532. The molecule has 0 aromatic heterocycles. The molecule has 70 valence electrons. The van der Waals surface area contributed by atoms with E-state index in [1.807, 2.05) is 0 Å². The zero-order chi connectivity index (χ0) is 9.78. The molecule has 0 heterocycles. The number of rotatable bonds is 0. The lowest BCUT2D eigenvalue weighted by atomic mass is 11.1. The Morgan fingerprint density at radius 1 is 1.33 bits per heavy atom. The maximum Gasteiger partial charge on any atom is 0.576 e. The zero-order valence-corrected chi connectivity index (χ0v) is 5.34. The van der Waals surface area contributed by atoms with E-state index < -0.39 is 18.5 Å². The Hall–Kier alpha value is -1.67. The van der Waals surface area contributed by atoms with Crippen LogP contribution in [0.15, 0.2) is 0 Å². The van der Waals surface area contributed by atoms with E-state index in [9.17, 15) is 22.8 Å². The van der Waals surface area contributed by atoms with Crippen LogP contribution in [0.1, 0.15) is 0 Å². The van der Waals surface area contributed by atoms with Crippen LogP contribution in [0.4, 0.5) is 22.8 Å². The van der Waals surface area contributed by atoms with Gasteiger partial charge >= 0.3 is 18.5 Å². The van der Waals surface area contributed by atoms with Crippen molar-refractivity contribution in [2.45, 2.75) is 6.36 Å². The molecule has 0 rings (SSSR count). The average Bonchev–Trinajstić information content (AvgIpc) is 1.79. The SMILES string of the molecule is NC(=O)ONC(=O)OC(F)(F)F. The molecule has 0 aliphatic rings. The van der Waals surface area contributed by atoms with Gasteiger partial charge in [-0.1, -0.05) is 0 Å². The summed E-state index contributed by atoms with van der Waals surface area (Å²) in [6.07, 6.45) is -8.58. The first-order valence-corrected chi connectivity index (χ1v) is 2.33. The Morgan fingerprint density at radius 3 is 2.17 bits per heavy atom. The fourth-order valence-electron chi connectivity index (χ4n) is 0.218. The third kappa shape index (κ3) is 6.45. The molecule has 0 spiro atoms. The number of carbonyl (C=O) groups is 2. The Kier molecular flexibility index (Phi) is 3.14. The second-order valence-electron chi connectivity index (χ2n) is 1.36. The number of hydrogen-bond acceptors (Lipinski definition) is 4. The molecule has 0 saturated heterocycles. The zero-order valence-electron chi connectivity index (χ0n) is 5.34. The van der Waals surface area contributed by atoms with Crippen molar-refractivity contribution in [2.75, 3.05) is 0 Å². The highest BCUT2D eigenvalue weighted by molar-refractivity contribution is 5.70. The molecule has 12 heavy (non-hydrogen) atoms. The molecular formula is C3H3F3N2O4. The van der Waals surface area contributed by atoms with Gasteiger partial charge in [-0.2, -0.15) is 0 Å². The third-order valence-corrected chi connectivity index (χ3v) is 0.443. The Morgan fingerprint density at radius 2 is 1.83 bits per heavy atom. The summed E-state index contributed by atoms with van der Waals surface area (Å²) in [5, 5.41) is 0. The number of amides is 2. The average molecular weight is 188 g/mol. The summed E-state index contributed by atoms with van der Waals surface area (Å²) < 4.78 is 36.2. The summed E-state index contributed by atoms with van der Waals surface area (Å²) in [6.45, 7) is 0. The van der Waals surface area contributed by atoms with E-state index >= 15 is 0 Å². The van der Waals surface area contributed by atoms with E-state index in [-0.39, 0.29) is 0 Å². The van der Waals surface area contributed by atoms with Gasteiger partial charge in [0.15, 0.2) is 0 Å². The Balaban J connectivity index is 3.68. The van der Waals surface area contributed by atoms with Gasteiger partial charge in [-0.3, -0.25) is 0 Å². The summed E-state index contributed by atoms with van der Waals surface area (Å²) >= 11 is 0. The molecule has 0 radical (unpaired) electrons. The standard InChI is InChI=1S/C3H3F3N2O4/c4-3(5,6)11-2(10)8-12-1(7)9/h(H2,7,9)(H,8,10). The summed E-state index contributed by atoms with van der Waals surface area (Å²) in [6, 6.07) is 0. The smallest absolute Gasteiger partial charge is 0.354 e. The van der Waals surface area contributed by atoms with Gasteiger partial charge in [0.2, 0.25) is 0 Å². The number of ether oxygens (including phenoxy) is 1. The van der Waals surface area contributed by atoms with E-state index in [2.05, 4.69) is 15.3 Å². The molecule has 0 fully saturated rings. The molecule has 0 aliphatic heterocycles. The number of nitrogens with one attached hydrogen (secondary N) is 1. The van der Waals surface area contributed by atoms with Crippen molar-refractivity contribution in [1.29, 1.82) is 0 Å². The van der Waals surface area contributed by atoms with Gasteiger partial charge in [0, 0.05) is 0 Å². The molecule has 0 aromatic carbocycles. The van der Waals surface area contributed by atoms with Gasteiger partial charge in [-0.25, -0.2) is 9.59 Å². The lowest BCUT2D eigenvalue weighted by Crippen LogP contribution is -2.33. The van der Waals surface area contributed by atoms with Crippen molar-refractivity contribution < 1.29 is 32.3 Å². The first-order chi connectivity index (χ1) is 5.31. The topological polar surface area (TPSA) is 90.7 Å². The third-order valence-electron chi connectivity index (χ3n) is 0.443. The van der Waals surface area contributed by atoms with Crippen LogP contribution in [-0.2, 0) is 9.57 Å². The molecular weight excluding hydrogens is 185 g/mol. The van der Waals surface area contributed by atoms with Crippen LogP contribution in [0.5, 0.6) is 0 Å². The highest BCUT2D eigenvalue weighted by Gasteiger charge is 2.34. The minimum Gasteiger partial charge on any atom is -0.354 e. The monoisotopic (exact) mass is 188 g/mol. The number of carbonyl (C=O) groups excluding carboxylic acids is 2. The molecule has 0 aliphatic carbocycles. The molecule has 0 atom stereocenters. The van der Waals surface area contributed by atoms with Gasteiger partial charge in [-0.15, -0.1) is 18.7 Å². The second-order valence-corrected chi connectivity index (χ2v) is 1.36. The number of nitrogens with two attached hydrogens (primary N) is 1. The summed E-state index contributed by atoms with van der Waals surface area (Å²) in [7, 11) is 0. The van der Waals surface area contributed by atoms with Crippen LogP contribution >= 0.6 is 0 Å². The fourth-order valence-corrected chi connectivity index (χ4v) is 0.218. The maximum absolute atomic E-state index is 11.2. The minimum atomic E-state index is -5.13. The van der Waals surface area contributed by atoms with Crippen molar-refractivity contribution in [3.63, 3.8) is 0 Å². The van der Waals surface area contributed by atoms with Crippen LogP contribution in [0, 0.1) is 0 Å². The number of alkyl halides is 3. The maximum atomic E-state index is 11.2. The van der Waals surface area contributed by atoms with E-state index in [0.717, 1.165) is 5.48 Å². The molecule has 0 bridgehead atoms. The molecule has 0 aromatic rings. The molecule has 6 nitrogen and oxygen atoms in total. The highest BCUT2D eigenvalue weighted by Crippen LogP contribution is 2.15. The summed E-state index contributed by atoms with van der Waals surface area (Å²) in [5.41, 5.74) is 5.27. The molecule has 2 amide bonds. The van der Waals surface area contributed by atoms with Crippen molar-refractivity contribution in [3.8, 4) is 0 Å². The number of hydroxylamine groups is 1. The molecule has 0 unspecified atom stereocenters. The van der Waals surface area contributed by atoms with Crippen LogP contribution in [0.2, 0.25) is 0 Å². The normalized spacial score (nSPS) is 10.2. The Bertz CT molecular complexity index is 190. The molecule has 9 heteroatoms. The number of primary amides is 1. The van der Waals surface area contributed by atoms with E-state index in [1.165, 1.54) is 0 Å². The van der Waals surface area contributed by atoms with Gasteiger partial charge in [0.25, 0.3) is 0 Å². The second kappa shape index (κ2) is 3.64. The van der Waals surface area contributed by atoms with Crippen LogP contribution in [-0.4, -0.2) is 18.5 Å². The molecule has 3 N–H and O–H groups in total. The largest absolute Gasteiger partial charge is 0.576 e. The number of hydrogen-bond donors (Lipinski definition) is 2. The minimum absolute atomic E-state index is 0.983. The van der Waals surface area contributed by atoms with E-state index in [0.29, 0.717) is 0 Å². The van der Waals surface area contributed by atoms with Gasteiger partial charge in [0.05, 0.1) is 0 Å². The van der Waals surface area contributed by atoms with Crippen molar-refractivity contribution in [1.82, 2.24) is 5.48 Å². The van der Waals surface area contributed by atoms with Crippen molar-refractivity contribution >= 4 is 12.2 Å². The van der Waals surface area contributed by atoms with E-state index in [4.69, 9.17) is 0 Å². The van der Waals surface area contributed by atoms with Gasteiger partial charge in [0.1, 0.15) is 0 Å². The van der Waals surface area contributed by atoms with Gasteiger partial charge < -0.3 is 15.3 Å². The lowest BCUT2D eigenvalue weighted by Gasteiger charge is -2.06. The van der Waals surface area contributed by atoms with Crippen LogP contribution in [0.25, 0.3) is 0 Å². The summed E-state index contributed by atoms with van der Waals surface area (Å²) in [5.74, 6) is 0. The van der Waals surface area contributed by atoms with Crippen molar-refractivity contribution in [3.05, 3.63) is 0 Å². The fraction of sp³-hybridized carbons (Fsp3) is 0.333. The first kappa shape index (κ1) is 10.3. The van der Waals surface area contributed by atoms with Crippen LogP contribution in [0.3, 0.4) is 0 Å². The first-order valence-electron chi connectivity index (χ1n) is 2.33. The van der Waals surface area contributed by atoms with Crippen LogP contribution < -0.4 is 11.2 Å². The predicted octanol–water partition coefficient (Wildman–Crippen LogP) is 0.243.